The van der Waals surface area contributed by atoms with E-state index in [0.29, 0.717) is 30.4 Å². The lowest BCUT2D eigenvalue weighted by atomic mass is 9.85. The van der Waals surface area contributed by atoms with E-state index in [1.165, 1.54) is 0 Å². The fourth-order valence-corrected chi connectivity index (χ4v) is 2.59. The Labute approximate surface area is 113 Å². The van der Waals surface area contributed by atoms with E-state index in [1.807, 2.05) is 13.0 Å². The van der Waals surface area contributed by atoms with Crippen LogP contribution in [0.2, 0.25) is 0 Å². The van der Waals surface area contributed by atoms with Gasteiger partial charge in [0, 0.05) is 11.5 Å². The highest BCUT2D eigenvalue weighted by Crippen LogP contribution is 2.35. The van der Waals surface area contributed by atoms with E-state index < -0.39 is 18.2 Å². The zero-order valence-electron chi connectivity index (χ0n) is 11.1. The Morgan fingerprint density at radius 2 is 2.00 bits per heavy atom. The summed E-state index contributed by atoms with van der Waals surface area (Å²) in [6.45, 7) is 9.44. The van der Waals surface area contributed by atoms with Crippen molar-refractivity contribution in [2.24, 2.45) is 5.92 Å². The van der Waals surface area contributed by atoms with Gasteiger partial charge in [-0.2, -0.15) is 0 Å². The summed E-state index contributed by atoms with van der Waals surface area (Å²) in [5.74, 6) is -0.656. The van der Waals surface area contributed by atoms with Crippen LogP contribution in [-0.4, -0.2) is 34.5 Å². The van der Waals surface area contributed by atoms with Gasteiger partial charge in [-0.25, -0.2) is 4.79 Å². The maximum absolute atomic E-state index is 11.6. The van der Waals surface area contributed by atoms with E-state index in [1.54, 1.807) is 0 Å². The lowest BCUT2D eigenvalue weighted by Gasteiger charge is -2.25. The number of fused-ring (bicyclic) bond motifs is 1. The fourth-order valence-electron chi connectivity index (χ4n) is 2.59. The van der Waals surface area contributed by atoms with E-state index in [4.69, 9.17) is 4.74 Å². The van der Waals surface area contributed by atoms with Crippen molar-refractivity contribution in [3.05, 3.63) is 36.0 Å². The summed E-state index contributed by atoms with van der Waals surface area (Å²) in [5, 5.41) is 20.0. The molecule has 104 valence electrons. The van der Waals surface area contributed by atoms with Crippen LogP contribution < -0.4 is 0 Å². The fraction of sp³-hybridized carbons (Fsp3) is 0.533. The molecule has 1 fully saturated rings. The first-order chi connectivity index (χ1) is 8.90. The second-order valence-corrected chi connectivity index (χ2v) is 5.40. The number of hydrogen-bond donors (Lipinski definition) is 2. The van der Waals surface area contributed by atoms with E-state index in [9.17, 15) is 15.0 Å². The molecule has 2 aliphatic rings. The molecule has 0 amide bonds. The first-order valence-electron chi connectivity index (χ1n) is 6.52. The van der Waals surface area contributed by atoms with Gasteiger partial charge < -0.3 is 14.9 Å². The number of aliphatic hydroxyl groups excluding tert-OH is 2. The molecule has 4 atom stereocenters. The van der Waals surface area contributed by atoms with Crippen LogP contribution in [0, 0.1) is 5.92 Å². The molecular weight excluding hydrogens is 244 g/mol. The number of carbonyl (C=O) groups is 1. The standard InChI is InChI=1S/C15H20O4/c1-8-4-5-12(16)10(3)13(17)7-11-9(2)15(18)19-14(11)6-8/h6,11-14,16-17H,2-5,7H2,1H3. The maximum atomic E-state index is 11.6. The molecule has 4 nitrogen and oxygen atoms in total. The quantitative estimate of drug-likeness (QED) is 0.395. The molecule has 19 heavy (non-hydrogen) atoms. The number of carbonyl (C=O) groups excluding carboxylic acids is 1. The zero-order chi connectivity index (χ0) is 14.2. The summed E-state index contributed by atoms with van der Waals surface area (Å²) < 4.78 is 5.27. The summed E-state index contributed by atoms with van der Waals surface area (Å²) in [7, 11) is 0. The average molecular weight is 264 g/mol. The number of rotatable bonds is 0. The van der Waals surface area contributed by atoms with Crippen LogP contribution in [0.1, 0.15) is 26.2 Å². The molecule has 0 saturated carbocycles. The average Bonchev–Trinajstić information content (AvgIpc) is 2.62. The topological polar surface area (TPSA) is 66.8 Å². The van der Waals surface area contributed by atoms with Gasteiger partial charge >= 0.3 is 5.97 Å². The van der Waals surface area contributed by atoms with Crippen molar-refractivity contribution in [1.82, 2.24) is 0 Å². The molecule has 0 aromatic heterocycles. The molecule has 1 aliphatic heterocycles. The smallest absolute Gasteiger partial charge is 0.334 e. The molecule has 1 aliphatic carbocycles. The molecule has 0 bridgehead atoms. The van der Waals surface area contributed by atoms with Crippen molar-refractivity contribution in [3.63, 3.8) is 0 Å². The van der Waals surface area contributed by atoms with Crippen LogP contribution in [-0.2, 0) is 9.53 Å². The predicted octanol–water partition coefficient (Wildman–Crippen LogP) is 1.49. The Kier molecular flexibility index (Phi) is 3.92. The van der Waals surface area contributed by atoms with Crippen LogP contribution in [0.3, 0.4) is 0 Å². The van der Waals surface area contributed by atoms with E-state index >= 15 is 0 Å². The van der Waals surface area contributed by atoms with Crippen molar-refractivity contribution in [2.75, 3.05) is 0 Å². The molecule has 1 saturated heterocycles. The summed E-state index contributed by atoms with van der Waals surface area (Å²) in [6.07, 6.45) is 1.47. The molecule has 2 rings (SSSR count). The largest absolute Gasteiger partial charge is 0.454 e. The van der Waals surface area contributed by atoms with E-state index in [2.05, 4.69) is 13.2 Å². The van der Waals surface area contributed by atoms with E-state index in [0.717, 1.165) is 5.57 Å². The molecular formula is C15H20O4. The van der Waals surface area contributed by atoms with Crippen molar-refractivity contribution < 1.29 is 19.7 Å². The second-order valence-electron chi connectivity index (χ2n) is 5.40. The lowest BCUT2D eigenvalue weighted by molar-refractivity contribution is -0.137. The maximum Gasteiger partial charge on any atom is 0.334 e. The first kappa shape index (κ1) is 14.0. The normalized spacial score (nSPS) is 36.6. The third-order valence-corrected chi connectivity index (χ3v) is 3.94. The van der Waals surface area contributed by atoms with Crippen LogP contribution in [0.5, 0.6) is 0 Å². The third kappa shape index (κ3) is 2.80. The van der Waals surface area contributed by atoms with Gasteiger partial charge in [0.05, 0.1) is 12.2 Å². The predicted molar refractivity (Wildman–Crippen MR) is 71.3 cm³/mol. The second kappa shape index (κ2) is 5.31. The molecule has 0 radical (unpaired) electrons. The highest BCUT2D eigenvalue weighted by atomic mass is 16.6. The van der Waals surface area contributed by atoms with Gasteiger partial charge in [-0.05, 0) is 37.8 Å². The molecule has 0 spiro atoms. The summed E-state index contributed by atoms with van der Waals surface area (Å²) in [5.41, 5.74) is 1.84. The Morgan fingerprint density at radius 1 is 1.32 bits per heavy atom. The SMILES string of the molecule is C=C1C(O)CCC(C)=CC2OC(=O)C(=C)C2CC1O. The third-order valence-electron chi connectivity index (χ3n) is 3.94. The first-order valence-corrected chi connectivity index (χ1v) is 6.52. The minimum absolute atomic E-state index is 0.250. The van der Waals surface area contributed by atoms with Gasteiger partial charge in [-0.1, -0.05) is 18.7 Å². The Balaban J connectivity index is 2.30. The minimum atomic E-state index is -0.847. The molecule has 4 heteroatoms. The van der Waals surface area contributed by atoms with Gasteiger partial charge in [0.15, 0.2) is 0 Å². The molecule has 4 unspecified atom stereocenters. The number of esters is 1. The van der Waals surface area contributed by atoms with Gasteiger partial charge in [0.25, 0.3) is 0 Å². The van der Waals surface area contributed by atoms with Gasteiger partial charge in [0.1, 0.15) is 6.10 Å². The zero-order valence-corrected chi connectivity index (χ0v) is 11.1. The highest BCUT2D eigenvalue weighted by Gasteiger charge is 2.39. The Morgan fingerprint density at radius 3 is 2.68 bits per heavy atom. The van der Waals surface area contributed by atoms with Crippen LogP contribution in [0.15, 0.2) is 36.0 Å². The monoisotopic (exact) mass is 264 g/mol. The van der Waals surface area contributed by atoms with Crippen molar-refractivity contribution in [2.45, 2.75) is 44.5 Å². The number of ether oxygens (including phenoxy) is 1. The van der Waals surface area contributed by atoms with E-state index in [-0.39, 0.29) is 12.0 Å². The number of allylic oxidation sites excluding steroid dienone is 1. The van der Waals surface area contributed by atoms with Gasteiger partial charge in [-0.15, -0.1) is 0 Å². The van der Waals surface area contributed by atoms with Crippen molar-refractivity contribution in [3.8, 4) is 0 Å². The summed E-state index contributed by atoms with van der Waals surface area (Å²) in [6, 6.07) is 0. The Bertz CT molecular complexity index is 449. The lowest BCUT2D eigenvalue weighted by Crippen LogP contribution is -2.28. The summed E-state index contributed by atoms with van der Waals surface area (Å²) >= 11 is 0. The number of aliphatic hydroxyl groups is 2. The van der Waals surface area contributed by atoms with Crippen LogP contribution in [0.4, 0.5) is 0 Å². The Hall–Kier alpha value is -1.39. The van der Waals surface area contributed by atoms with Gasteiger partial charge in [0.2, 0.25) is 0 Å². The molecule has 0 aromatic rings. The van der Waals surface area contributed by atoms with Crippen LogP contribution >= 0.6 is 0 Å². The molecule has 2 N–H and O–H groups in total. The van der Waals surface area contributed by atoms with Crippen LogP contribution in [0.25, 0.3) is 0 Å². The number of hydrogen-bond acceptors (Lipinski definition) is 4. The van der Waals surface area contributed by atoms with Gasteiger partial charge in [-0.3, -0.25) is 0 Å². The van der Waals surface area contributed by atoms with Crippen molar-refractivity contribution >= 4 is 5.97 Å². The van der Waals surface area contributed by atoms with Crippen molar-refractivity contribution in [1.29, 1.82) is 0 Å². The molecule has 1 heterocycles. The minimum Gasteiger partial charge on any atom is -0.454 e. The highest BCUT2D eigenvalue weighted by molar-refractivity contribution is 5.91. The molecule has 0 aromatic carbocycles. The summed E-state index contributed by atoms with van der Waals surface area (Å²) in [4.78, 5) is 11.6.